The van der Waals surface area contributed by atoms with E-state index < -0.39 is 38.4 Å². The van der Waals surface area contributed by atoms with E-state index in [0.717, 1.165) is 52.5 Å². The van der Waals surface area contributed by atoms with E-state index in [1.165, 1.54) is 26.5 Å². The second-order valence-electron chi connectivity index (χ2n) is 10.4. The van der Waals surface area contributed by atoms with E-state index >= 15 is 0 Å². The summed E-state index contributed by atoms with van der Waals surface area (Å²) in [6.45, 7) is 1.96. The molecule has 46 heavy (non-hydrogen) atoms. The zero-order valence-corrected chi connectivity index (χ0v) is 25.2. The smallest absolute Gasteiger partial charge is 0.416 e. The second kappa shape index (κ2) is 11.9. The maximum atomic E-state index is 13.3. The van der Waals surface area contributed by atoms with Gasteiger partial charge in [0, 0.05) is 38.9 Å². The van der Waals surface area contributed by atoms with Gasteiger partial charge in [0.05, 0.1) is 35.5 Å². The first-order chi connectivity index (χ1) is 21.9. The van der Waals surface area contributed by atoms with Crippen molar-refractivity contribution in [2.24, 2.45) is 0 Å². The van der Waals surface area contributed by atoms with Gasteiger partial charge in [0.25, 0.3) is 0 Å². The summed E-state index contributed by atoms with van der Waals surface area (Å²) in [5, 5.41) is 8.93. The van der Waals surface area contributed by atoms with E-state index in [-0.39, 0.29) is 11.7 Å². The fourth-order valence-electron chi connectivity index (χ4n) is 4.54. The van der Waals surface area contributed by atoms with Gasteiger partial charge in [-0.05, 0) is 48.4 Å². The van der Waals surface area contributed by atoms with Crippen molar-refractivity contribution in [2.45, 2.75) is 17.5 Å². The van der Waals surface area contributed by atoms with Crippen molar-refractivity contribution in [3.8, 4) is 22.9 Å². The quantitative estimate of drug-likeness (QED) is 0.233. The number of fused-ring (bicyclic) bond motifs is 1. The number of nitrogens with zero attached hydrogens (tertiary/aromatic N) is 7. The van der Waals surface area contributed by atoms with E-state index in [0.29, 0.717) is 17.9 Å². The number of alkyl halides is 3. The normalized spacial score (nSPS) is 13.5. The molecule has 0 atom stereocenters. The van der Waals surface area contributed by atoms with Gasteiger partial charge in [0.1, 0.15) is 16.5 Å². The number of ether oxygens (including phenoxy) is 1. The van der Waals surface area contributed by atoms with Gasteiger partial charge in [-0.15, -0.1) is 0 Å². The monoisotopic (exact) mass is 653 g/mol. The molecule has 3 aromatic heterocycles. The number of aromatic nitrogens is 5. The molecule has 5 aromatic rings. The summed E-state index contributed by atoms with van der Waals surface area (Å²) >= 11 is 0. The lowest BCUT2D eigenvalue weighted by Crippen LogP contribution is -2.37. The summed E-state index contributed by atoms with van der Waals surface area (Å²) < 4.78 is 73.5. The molecule has 0 saturated carbocycles. The van der Waals surface area contributed by atoms with E-state index in [1.807, 2.05) is 24.4 Å². The molecule has 13 nitrogen and oxygen atoms in total. The molecule has 0 bridgehead atoms. The number of hydrogen-bond acceptors (Lipinski definition) is 9. The first-order valence-corrected chi connectivity index (χ1v) is 15.2. The molecule has 0 unspecified atom stereocenters. The number of rotatable bonds is 8. The number of halogens is 3. The third-order valence-corrected chi connectivity index (χ3v) is 8.98. The molecule has 1 fully saturated rings. The van der Waals surface area contributed by atoms with Crippen molar-refractivity contribution in [2.75, 3.05) is 42.7 Å². The van der Waals surface area contributed by atoms with Crippen LogP contribution in [0.1, 0.15) is 12.0 Å². The highest BCUT2D eigenvalue weighted by atomic mass is 32.2. The third-order valence-electron chi connectivity index (χ3n) is 7.11. The van der Waals surface area contributed by atoms with Gasteiger partial charge in [0.15, 0.2) is 5.65 Å². The summed E-state index contributed by atoms with van der Waals surface area (Å²) in [6, 6.07) is 10.0. The van der Waals surface area contributed by atoms with Crippen LogP contribution in [0.5, 0.6) is 11.8 Å². The van der Waals surface area contributed by atoms with Gasteiger partial charge in [0.2, 0.25) is 10.0 Å². The predicted octanol–water partition coefficient (Wildman–Crippen LogP) is 5.10. The Morgan fingerprint density at radius 3 is 2.33 bits per heavy atom. The number of anilines is 3. The van der Waals surface area contributed by atoms with E-state index in [4.69, 9.17) is 9.72 Å². The van der Waals surface area contributed by atoms with Gasteiger partial charge in [-0.1, -0.05) is 12.1 Å². The number of sulfonamides is 1. The molecule has 2 N–H and O–H groups in total. The molecule has 238 valence electrons. The molecular formula is C29H26F3N9O4S. The lowest BCUT2D eigenvalue weighted by Gasteiger charge is -2.31. The minimum absolute atomic E-state index is 0.0345. The first-order valence-electron chi connectivity index (χ1n) is 13.8. The van der Waals surface area contributed by atoms with Crippen LogP contribution in [0.15, 0.2) is 78.2 Å². The molecule has 1 aliphatic heterocycles. The maximum absolute atomic E-state index is 13.3. The molecule has 0 aliphatic carbocycles. The van der Waals surface area contributed by atoms with E-state index in [1.54, 1.807) is 22.8 Å². The van der Waals surface area contributed by atoms with Crippen molar-refractivity contribution >= 4 is 38.9 Å². The van der Waals surface area contributed by atoms with Gasteiger partial charge in [-0.25, -0.2) is 37.0 Å². The summed E-state index contributed by atoms with van der Waals surface area (Å²) in [7, 11) is -1.75. The number of hydrogen-bond donors (Lipinski definition) is 2. The Balaban J connectivity index is 1.12. The molecule has 6 rings (SSSR count). The zero-order valence-electron chi connectivity index (χ0n) is 24.4. The molecule has 2 aromatic carbocycles. The Morgan fingerprint density at radius 1 is 0.978 bits per heavy atom. The molecule has 1 saturated heterocycles. The van der Waals surface area contributed by atoms with Crippen LogP contribution in [-0.4, -0.2) is 70.5 Å². The molecule has 4 heterocycles. The summed E-state index contributed by atoms with van der Waals surface area (Å²) in [5.41, 5.74) is 0.853. The van der Waals surface area contributed by atoms with Crippen molar-refractivity contribution < 1.29 is 31.1 Å². The first kappa shape index (κ1) is 30.7. The van der Waals surface area contributed by atoms with E-state index in [9.17, 15) is 26.4 Å². The van der Waals surface area contributed by atoms with Gasteiger partial charge < -0.3 is 20.3 Å². The predicted molar refractivity (Wildman–Crippen MR) is 162 cm³/mol. The highest BCUT2D eigenvalue weighted by Crippen LogP contribution is 2.34. The molecule has 1 aliphatic rings. The Morgan fingerprint density at radius 2 is 1.70 bits per heavy atom. The Bertz CT molecular complexity index is 2010. The molecule has 0 radical (unpaired) electrons. The molecule has 2 amide bonds. The standard InChI is InChI=1S/C29H26F3N9O4S/c1-39(2)46(43,44)24-9-6-19(29(30,31)32)14-23(24)37-27(42)36-20-15-33-28(34-16-20)45-21-7-4-18(5-8-21)22-17-35-41-13-10-25(38-26(22)41)40-11-3-12-40/h4-10,13-17H,3,11-12H2,1-2H3,(H2,36,37,42). The Kier molecular flexibility index (Phi) is 7.95. The lowest BCUT2D eigenvalue weighted by molar-refractivity contribution is -0.137. The maximum Gasteiger partial charge on any atom is 0.416 e. The highest BCUT2D eigenvalue weighted by Gasteiger charge is 2.33. The number of nitrogens with one attached hydrogen (secondary N) is 2. The average molecular weight is 654 g/mol. The summed E-state index contributed by atoms with van der Waals surface area (Å²) in [4.78, 5) is 27.2. The van der Waals surface area contributed by atoms with Crippen molar-refractivity contribution in [1.29, 1.82) is 0 Å². The minimum atomic E-state index is -4.76. The summed E-state index contributed by atoms with van der Waals surface area (Å²) in [6.07, 6.45) is 2.46. The largest absolute Gasteiger partial charge is 0.424 e. The van der Waals surface area contributed by atoms with Crippen LogP contribution in [-0.2, 0) is 16.2 Å². The van der Waals surface area contributed by atoms with Gasteiger partial charge >= 0.3 is 18.2 Å². The molecule has 0 spiro atoms. The van der Waals surface area contributed by atoms with Crippen LogP contribution >= 0.6 is 0 Å². The summed E-state index contributed by atoms with van der Waals surface area (Å²) in [5.74, 6) is 1.35. The van der Waals surface area contributed by atoms with Gasteiger partial charge in [-0.2, -0.15) is 18.3 Å². The third kappa shape index (κ3) is 6.27. The zero-order chi connectivity index (χ0) is 32.6. The second-order valence-corrected chi connectivity index (χ2v) is 12.5. The Hall–Kier alpha value is -5.29. The number of carbonyl (C=O) groups is 1. The topological polar surface area (TPSA) is 147 Å². The fourth-order valence-corrected chi connectivity index (χ4v) is 5.56. The minimum Gasteiger partial charge on any atom is -0.424 e. The Labute approximate surface area is 260 Å². The lowest BCUT2D eigenvalue weighted by atomic mass is 10.1. The van der Waals surface area contributed by atoms with Crippen LogP contribution in [0.25, 0.3) is 16.8 Å². The van der Waals surface area contributed by atoms with Crippen LogP contribution < -0.4 is 20.3 Å². The van der Waals surface area contributed by atoms with Crippen molar-refractivity contribution in [3.05, 3.63) is 78.9 Å². The number of benzene rings is 2. The van der Waals surface area contributed by atoms with E-state index in [2.05, 4.69) is 30.6 Å². The SMILES string of the molecule is CN(C)S(=O)(=O)c1ccc(C(F)(F)F)cc1NC(=O)Nc1cnc(Oc2ccc(-c3cnn4ccc(N5CCC5)nc34)cc2)nc1. The van der Waals surface area contributed by atoms with Crippen molar-refractivity contribution in [1.82, 2.24) is 28.9 Å². The van der Waals surface area contributed by atoms with Crippen LogP contribution in [0.2, 0.25) is 0 Å². The molecular weight excluding hydrogens is 627 g/mol. The van der Waals surface area contributed by atoms with Crippen LogP contribution in [0.4, 0.5) is 35.2 Å². The van der Waals surface area contributed by atoms with Crippen molar-refractivity contribution in [3.63, 3.8) is 0 Å². The fraction of sp³-hybridized carbons (Fsp3) is 0.207. The highest BCUT2D eigenvalue weighted by molar-refractivity contribution is 7.89. The van der Waals surface area contributed by atoms with Crippen LogP contribution in [0, 0.1) is 0 Å². The molecule has 17 heteroatoms. The number of carbonyl (C=O) groups excluding carboxylic acids is 1. The van der Waals surface area contributed by atoms with Gasteiger partial charge in [-0.3, -0.25) is 0 Å². The van der Waals surface area contributed by atoms with Crippen LogP contribution in [0.3, 0.4) is 0 Å². The number of amides is 2. The number of urea groups is 1. The average Bonchev–Trinajstić information content (AvgIpc) is 3.40.